The lowest BCUT2D eigenvalue weighted by Crippen LogP contribution is -2.49. The van der Waals surface area contributed by atoms with E-state index in [1.807, 2.05) is 20.0 Å². The predicted octanol–water partition coefficient (Wildman–Crippen LogP) is 5.06. The Hall–Kier alpha value is -1.11. The van der Waals surface area contributed by atoms with Gasteiger partial charge in [0.25, 0.3) is 0 Å². The van der Waals surface area contributed by atoms with Gasteiger partial charge in [-0.3, -0.25) is 0 Å². The molecule has 1 N–H and O–H groups in total. The van der Waals surface area contributed by atoms with Gasteiger partial charge in [0.1, 0.15) is 0 Å². The molecule has 2 rings (SSSR count). The van der Waals surface area contributed by atoms with E-state index in [1.165, 1.54) is 36.3 Å². The molecule has 0 amide bonds. The third-order valence-electron chi connectivity index (χ3n) is 4.50. The predicted molar refractivity (Wildman–Crippen MR) is 101 cm³/mol. The Kier molecular flexibility index (Phi) is 6.87. The number of rotatable bonds is 7. The van der Waals surface area contributed by atoms with Crippen LogP contribution >= 0.6 is 11.8 Å². The lowest BCUT2D eigenvalue weighted by atomic mass is 10.1. The van der Waals surface area contributed by atoms with E-state index in [-0.39, 0.29) is 0 Å². The molecule has 2 atom stereocenters. The molecular formula is C20H29NOS. The van der Waals surface area contributed by atoms with Crippen LogP contribution in [-0.2, 0) is 0 Å². The van der Waals surface area contributed by atoms with Crippen molar-refractivity contribution in [2.24, 2.45) is 0 Å². The summed E-state index contributed by atoms with van der Waals surface area (Å²) >= 11 is 1.70. The van der Waals surface area contributed by atoms with Crippen LogP contribution in [-0.4, -0.2) is 23.1 Å². The molecular weight excluding hydrogens is 302 g/mol. The zero-order chi connectivity index (χ0) is 16.7. The third kappa shape index (κ3) is 4.05. The Morgan fingerprint density at radius 3 is 2.61 bits per heavy atom. The molecule has 23 heavy (non-hydrogen) atoms. The summed E-state index contributed by atoms with van der Waals surface area (Å²) in [6.45, 7) is 4.26. The van der Waals surface area contributed by atoms with E-state index in [0.29, 0.717) is 6.42 Å². The summed E-state index contributed by atoms with van der Waals surface area (Å²) in [6, 6.07) is 8.33. The van der Waals surface area contributed by atoms with Crippen molar-refractivity contribution in [1.29, 1.82) is 0 Å². The lowest BCUT2D eigenvalue weighted by Gasteiger charge is -2.35. The molecule has 0 saturated heterocycles. The standard InChI is InChI=1S/C20H29NOS/c1-4-6-7-8-9-10-13-16-20(19(22)5-2)21(3)17-14-11-12-15-18(17)23-20/h11-12,14-15,19,22H,4-10H2,1-3H3. The number of unbranched alkanes of at least 4 members (excludes halogenated alkanes) is 5. The van der Waals surface area contributed by atoms with Crippen LogP contribution in [0.25, 0.3) is 0 Å². The number of aliphatic hydroxyl groups is 1. The zero-order valence-electron chi connectivity index (χ0n) is 14.6. The first-order chi connectivity index (χ1) is 11.2. The molecule has 0 fully saturated rings. The summed E-state index contributed by atoms with van der Waals surface area (Å²) in [4.78, 5) is 2.83. The van der Waals surface area contributed by atoms with Gasteiger partial charge in [-0.05, 0) is 25.0 Å². The Balaban J connectivity index is 2.08. The van der Waals surface area contributed by atoms with Crippen molar-refractivity contribution < 1.29 is 5.11 Å². The van der Waals surface area contributed by atoms with Crippen molar-refractivity contribution in [3.8, 4) is 11.8 Å². The molecule has 1 heterocycles. The number of nitrogens with zero attached hydrogens (tertiary/aromatic N) is 1. The van der Waals surface area contributed by atoms with Crippen LogP contribution in [0, 0.1) is 11.8 Å². The van der Waals surface area contributed by atoms with Gasteiger partial charge in [-0.2, -0.15) is 0 Å². The average molecular weight is 332 g/mol. The monoisotopic (exact) mass is 331 g/mol. The number of para-hydroxylation sites is 1. The number of aliphatic hydroxyl groups excluding tert-OH is 1. The highest BCUT2D eigenvalue weighted by molar-refractivity contribution is 8.01. The van der Waals surface area contributed by atoms with E-state index >= 15 is 0 Å². The number of likely N-dealkylation sites (N-methyl/N-ethyl adjacent to an activating group) is 1. The lowest BCUT2D eigenvalue weighted by molar-refractivity contribution is 0.146. The first-order valence-corrected chi connectivity index (χ1v) is 9.67. The van der Waals surface area contributed by atoms with Crippen LogP contribution in [0.1, 0.15) is 58.8 Å². The van der Waals surface area contributed by atoms with Crippen molar-refractivity contribution in [3.63, 3.8) is 0 Å². The number of hydrogen-bond donors (Lipinski definition) is 1. The maximum atomic E-state index is 10.7. The fraction of sp³-hybridized carbons (Fsp3) is 0.600. The number of anilines is 1. The van der Waals surface area contributed by atoms with Gasteiger partial charge in [-0.15, -0.1) is 0 Å². The van der Waals surface area contributed by atoms with Gasteiger partial charge < -0.3 is 10.0 Å². The van der Waals surface area contributed by atoms with Crippen LogP contribution in [0.15, 0.2) is 29.2 Å². The number of hydrogen-bond acceptors (Lipinski definition) is 3. The molecule has 0 radical (unpaired) electrons. The fourth-order valence-corrected chi connectivity index (χ4v) is 4.46. The summed E-state index contributed by atoms with van der Waals surface area (Å²) in [6.07, 6.45) is 7.49. The normalized spacial score (nSPS) is 20.8. The molecule has 0 aromatic heterocycles. The topological polar surface area (TPSA) is 23.5 Å². The second-order valence-electron chi connectivity index (χ2n) is 6.22. The first kappa shape index (κ1) is 18.2. The highest BCUT2D eigenvalue weighted by Crippen LogP contribution is 2.51. The molecule has 0 aliphatic carbocycles. The summed E-state index contributed by atoms with van der Waals surface area (Å²) < 4.78 is 0. The average Bonchev–Trinajstić information content (AvgIpc) is 2.87. The molecule has 1 aromatic carbocycles. The van der Waals surface area contributed by atoms with Gasteiger partial charge in [-0.25, -0.2) is 0 Å². The van der Waals surface area contributed by atoms with Crippen molar-refractivity contribution in [2.45, 2.75) is 74.7 Å². The van der Waals surface area contributed by atoms with E-state index < -0.39 is 11.0 Å². The molecule has 1 aliphatic rings. The molecule has 126 valence electrons. The Bertz CT molecular complexity index is 562. The van der Waals surface area contributed by atoms with Gasteiger partial charge in [0.2, 0.25) is 0 Å². The van der Waals surface area contributed by atoms with Crippen LogP contribution < -0.4 is 4.90 Å². The van der Waals surface area contributed by atoms with E-state index in [2.05, 4.69) is 41.9 Å². The van der Waals surface area contributed by atoms with Gasteiger partial charge in [0.15, 0.2) is 4.87 Å². The summed E-state index contributed by atoms with van der Waals surface area (Å²) in [7, 11) is 2.05. The maximum absolute atomic E-state index is 10.7. The molecule has 0 saturated carbocycles. The molecule has 3 heteroatoms. The van der Waals surface area contributed by atoms with Crippen LogP contribution in [0.3, 0.4) is 0 Å². The second kappa shape index (κ2) is 8.66. The molecule has 2 unspecified atom stereocenters. The smallest absolute Gasteiger partial charge is 0.179 e. The third-order valence-corrected chi connectivity index (χ3v) is 6.03. The van der Waals surface area contributed by atoms with Gasteiger partial charge in [0, 0.05) is 18.4 Å². The summed E-state index contributed by atoms with van der Waals surface area (Å²) in [5.41, 5.74) is 1.17. The summed E-state index contributed by atoms with van der Waals surface area (Å²) in [5.74, 6) is 6.78. The molecule has 2 nitrogen and oxygen atoms in total. The van der Waals surface area contributed by atoms with Crippen molar-refractivity contribution in [2.75, 3.05) is 11.9 Å². The molecule has 1 aliphatic heterocycles. The maximum Gasteiger partial charge on any atom is 0.179 e. The van der Waals surface area contributed by atoms with Gasteiger partial charge >= 0.3 is 0 Å². The van der Waals surface area contributed by atoms with Gasteiger partial charge in [-0.1, -0.05) is 75.3 Å². The molecule has 0 bridgehead atoms. The van der Waals surface area contributed by atoms with Crippen molar-refractivity contribution in [1.82, 2.24) is 0 Å². The fourth-order valence-electron chi connectivity index (χ4n) is 3.00. The SMILES string of the molecule is CCCCCCCC#CC1(C(O)CC)Sc2ccccc2N1C. The number of fused-ring (bicyclic) bond motifs is 1. The number of thioether (sulfide) groups is 1. The van der Waals surface area contributed by atoms with Crippen LogP contribution in [0.5, 0.6) is 0 Å². The first-order valence-electron chi connectivity index (χ1n) is 8.85. The minimum Gasteiger partial charge on any atom is -0.389 e. The molecule has 0 spiro atoms. The minimum absolute atomic E-state index is 0.461. The highest BCUT2D eigenvalue weighted by Gasteiger charge is 2.46. The van der Waals surface area contributed by atoms with Crippen molar-refractivity contribution in [3.05, 3.63) is 24.3 Å². The Morgan fingerprint density at radius 2 is 1.91 bits per heavy atom. The van der Waals surface area contributed by atoms with E-state index in [4.69, 9.17) is 0 Å². The van der Waals surface area contributed by atoms with E-state index in [0.717, 1.165) is 12.8 Å². The summed E-state index contributed by atoms with van der Waals surface area (Å²) in [5, 5.41) is 10.7. The van der Waals surface area contributed by atoms with Crippen LogP contribution in [0.2, 0.25) is 0 Å². The highest BCUT2D eigenvalue weighted by atomic mass is 32.2. The Morgan fingerprint density at radius 1 is 1.17 bits per heavy atom. The van der Waals surface area contributed by atoms with Gasteiger partial charge in [0.05, 0.1) is 11.8 Å². The number of benzene rings is 1. The quantitative estimate of drug-likeness (QED) is 0.558. The molecule has 1 aromatic rings. The van der Waals surface area contributed by atoms with E-state index in [1.54, 1.807) is 11.8 Å². The van der Waals surface area contributed by atoms with E-state index in [9.17, 15) is 5.11 Å². The zero-order valence-corrected chi connectivity index (χ0v) is 15.5. The van der Waals surface area contributed by atoms with Crippen molar-refractivity contribution >= 4 is 17.4 Å². The largest absolute Gasteiger partial charge is 0.389 e. The van der Waals surface area contributed by atoms with Crippen LogP contribution in [0.4, 0.5) is 5.69 Å². The minimum atomic E-state index is -0.540. The second-order valence-corrected chi connectivity index (χ2v) is 7.48. The Labute approximate surface area is 145 Å².